The highest BCUT2D eigenvalue weighted by atomic mass is 19.1. The molecule has 1 fully saturated rings. The molecule has 0 unspecified atom stereocenters. The highest BCUT2D eigenvalue weighted by molar-refractivity contribution is 5.40. The Morgan fingerprint density at radius 1 is 1.30 bits per heavy atom. The van der Waals surface area contributed by atoms with Crippen molar-refractivity contribution in [3.63, 3.8) is 0 Å². The van der Waals surface area contributed by atoms with Crippen LogP contribution in [-0.2, 0) is 6.54 Å². The van der Waals surface area contributed by atoms with Crippen molar-refractivity contribution in [2.75, 3.05) is 12.4 Å². The molecule has 0 atom stereocenters. The van der Waals surface area contributed by atoms with Crippen molar-refractivity contribution in [3.05, 3.63) is 41.7 Å². The summed E-state index contributed by atoms with van der Waals surface area (Å²) < 4.78 is 19.1. The Morgan fingerprint density at radius 2 is 2.15 bits per heavy atom. The zero-order chi connectivity index (χ0) is 13.9. The number of hydrogen-bond donors (Lipinski definition) is 1. The van der Waals surface area contributed by atoms with Gasteiger partial charge in [-0.2, -0.15) is 0 Å². The minimum atomic E-state index is -0.337. The fourth-order valence-electron chi connectivity index (χ4n) is 1.97. The first kappa shape index (κ1) is 12.8. The van der Waals surface area contributed by atoms with Gasteiger partial charge in [0.05, 0.1) is 12.8 Å². The van der Waals surface area contributed by atoms with Crippen molar-refractivity contribution >= 4 is 5.82 Å². The molecule has 0 bridgehead atoms. The van der Waals surface area contributed by atoms with Crippen LogP contribution in [0.2, 0.25) is 0 Å². The maximum atomic E-state index is 14.2. The van der Waals surface area contributed by atoms with E-state index in [1.165, 1.54) is 6.33 Å². The lowest BCUT2D eigenvalue weighted by atomic mass is 10.2. The Balaban J connectivity index is 1.69. The van der Waals surface area contributed by atoms with Gasteiger partial charge < -0.3 is 10.1 Å². The second-order valence-electron chi connectivity index (χ2n) is 4.76. The summed E-state index contributed by atoms with van der Waals surface area (Å²) in [5.74, 6) is 0.730. The molecule has 0 aromatic carbocycles. The number of aromatic nitrogens is 3. The molecule has 0 radical (unpaired) electrons. The topological polar surface area (TPSA) is 59.9 Å². The minimum Gasteiger partial charge on any atom is -0.481 e. The zero-order valence-corrected chi connectivity index (χ0v) is 11.1. The van der Waals surface area contributed by atoms with Crippen LogP contribution >= 0.6 is 0 Å². The molecule has 2 aromatic heterocycles. The average Bonchev–Trinajstić information content (AvgIpc) is 3.31. The van der Waals surface area contributed by atoms with E-state index in [1.54, 1.807) is 19.4 Å². The van der Waals surface area contributed by atoms with Crippen molar-refractivity contribution < 1.29 is 9.13 Å². The summed E-state index contributed by atoms with van der Waals surface area (Å²) in [5, 5.41) is 2.98. The Morgan fingerprint density at radius 3 is 2.80 bits per heavy atom. The van der Waals surface area contributed by atoms with Crippen LogP contribution in [0, 0.1) is 5.82 Å². The molecule has 0 spiro atoms. The van der Waals surface area contributed by atoms with E-state index in [-0.39, 0.29) is 17.6 Å². The van der Waals surface area contributed by atoms with Gasteiger partial charge in [0.25, 0.3) is 0 Å². The molecule has 1 saturated carbocycles. The first-order chi connectivity index (χ1) is 9.78. The first-order valence-corrected chi connectivity index (χ1v) is 6.51. The summed E-state index contributed by atoms with van der Waals surface area (Å²) >= 11 is 0. The standard InChI is InChI=1S/C14H15FN4O/c1-20-11-5-2-9(6-16-11)7-17-14-12(15)13(10-3-4-10)18-8-19-14/h2,5-6,8,10H,3-4,7H2,1H3,(H,17,18,19). The SMILES string of the molecule is COc1ccc(CNc2ncnc(C3CC3)c2F)cn1. The van der Waals surface area contributed by atoms with Gasteiger partial charge >= 0.3 is 0 Å². The predicted molar refractivity (Wildman–Crippen MR) is 72.1 cm³/mol. The summed E-state index contributed by atoms with van der Waals surface area (Å²) in [6, 6.07) is 3.64. The third-order valence-corrected chi connectivity index (χ3v) is 3.25. The van der Waals surface area contributed by atoms with E-state index >= 15 is 0 Å². The molecule has 1 aliphatic rings. The molecule has 104 valence electrons. The van der Waals surface area contributed by atoms with Crippen molar-refractivity contribution in [2.45, 2.75) is 25.3 Å². The van der Waals surface area contributed by atoms with Crippen LogP contribution in [0.3, 0.4) is 0 Å². The highest BCUT2D eigenvalue weighted by Gasteiger charge is 2.29. The van der Waals surface area contributed by atoms with Crippen molar-refractivity contribution in [2.24, 2.45) is 0 Å². The molecule has 20 heavy (non-hydrogen) atoms. The number of nitrogens with zero attached hydrogens (tertiary/aromatic N) is 3. The molecule has 5 nitrogen and oxygen atoms in total. The van der Waals surface area contributed by atoms with E-state index in [0.29, 0.717) is 18.1 Å². The molecular weight excluding hydrogens is 259 g/mol. The number of hydrogen-bond acceptors (Lipinski definition) is 5. The van der Waals surface area contributed by atoms with Crippen LogP contribution in [0.15, 0.2) is 24.7 Å². The maximum Gasteiger partial charge on any atom is 0.212 e. The van der Waals surface area contributed by atoms with E-state index in [2.05, 4.69) is 20.3 Å². The molecule has 2 aromatic rings. The largest absolute Gasteiger partial charge is 0.481 e. The van der Waals surface area contributed by atoms with Gasteiger partial charge in [0, 0.05) is 24.7 Å². The molecule has 3 rings (SSSR count). The maximum absolute atomic E-state index is 14.2. The van der Waals surface area contributed by atoms with Gasteiger partial charge in [-0.1, -0.05) is 6.07 Å². The lowest BCUT2D eigenvalue weighted by Crippen LogP contribution is -2.07. The third-order valence-electron chi connectivity index (χ3n) is 3.25. The first-order valence-electron chi connectivity index (χ1n) is 6.51. The quantitative estimate of drug-likeness (QED) is 0.907. The predicted octanol–water partition coefficient (Wildman–Crippen LogP) is 2.51. The van der Waals surface area contributed by atoms with E-state index in [4.69, 9.17) is 4.74 Å². The van der Waals surface area contributed by atoms with Gasteiger partial charge in [0.15, 0.2) is 11.6 Å². The fourth-order valence-corrected chi connectivity index (χ4v) is 1.97. The van der Waals surface area contributed by atoms with E-state index < -0.39 is 0 Å². The van der Waals surface area contributed by atoms with Crippen LogP contribution in [-0.4, -0.2) is 22.1 Å². The molecule has 2 heterocycles. The summed E-state index contributed by atoms with van der Waals surface area (Å²) in [6.45, 7) is 0.453. The smallest absolute Gasteiger partial charge is 0.212 e. The number of nitrogens with one attached hydrogen (secondary N) is 1. The lowest BCUT2D eigenvalue weighted by Gasteiger charge is -2.08. The fraction of sp³-hybridized carbons (Fsp3) is 0.357. The van der Waals surface area contributed by atoms with Crippen molar-refractivity contribution in [1.82, 2.24) is 15.0 Å². The Kier molecular flexibility index (Phi) is 3.45. The Bertz CT molecular complexity index is 599. The molecule has 1 N–H and O–H groups in total. The molecule has 6 heteroatoms. The Labute approximate surface area is 116 Å². The van der Waals surface area contributed by atoms with Crippen LogP contribution in [0.4, 0.5) is 10.2 Å². The molecule has 0 aliphatic heterocycles. The molecule has 0 saturated heterocycles. The van der Waals surface area contributed by atoms with Crippen molar-refractivity contribution in [3.8, 4) is 5.88 Å². The lowest BCUT2D eigenvalue weighted by molar-refractivity contribution is 0.397. The Hall–Kier alpha value is -2.24. The van der Waals surface area contributed by atoms with Crippen LogP contribution in [0.25, 0.3) is 0 Å². The van der Waals surface area contributed by atoms with Gasteiger partial charge in [0.2, 0.25) is 5.88 Å². The second kappa shape index (κ2) is 5.40. The highest BCUT2D eigenvalue weighted by Crippen LogP contribution is 2.40. The normalized spacial score (nSPS) is 14.1. The number of ether oxygens (including phenoxy) is 1. The van der Waals surface area contributed by atoms with E-state index in [0.717, 1.165) is 18.4 Å². The monoisotopic (exact) mass is 274 g/mol. The number of pyridine rings is 1. The number of anilines is 1. The van der Waals surface area contributed by atoms with Gasteiger partial charge in [-0.3, -0.25) is 0 Å². The second-order valence-corrected chi connectivity index (χ2v) is 4.76. The molecule has 0 amide bonds. The van der Waals surface area contributed by atoms with Crippen molar-refractivity contribution in [1.29, 1.82) is 0 Å². The zero-order valence-electron chi connectivity index (χ0n) is 11.1. The minimum absolute atomic E-state index is 0.248. The van der Waals surface area contributed by atoms with Gasteiger partial charge in [0.1, 0.15) is 6.33 Å². The number of methoxy groups -OCH3 is 1. The summed E-state index contributed by atoms with van der Waals surface area (Å²) in [6.07, 6.45) is 5.11. The number of halogens is 1. The van der Waals surface area contributed by atoms with E-state index in [1.807, 2.05) is 6.07 Å². The molecular formula is C14H15FN4O. The average molecular weight is 274 g/mol. The van der Waals surface area contributed by atoms with E-state index in [9.17, 15) is 4.39 Å². The summed E-state index contributed by atoms with van der Waals surface area (Å²) in [7, 11) is 1.57. The molecule has 1 aliphatic carbocycles. The summed E-state index contributed by atoms with van der Waals surface area (Å²) in [4.78, 5) is 12.1. The van der Waals surface area contributed by atoms with Crippen LogP contribution in [0.5, 0.6) is 5.88 Å². The van der Waals surface area contributed by atoms with Gasteiger partial charge in [-0.25, -0.2) is 19.3 Å². The van der Waals surface area contributed by atoms with Crippen LogP contribution < -0.4 is 10.1 Å². The van der Waals surface area contributed by atoms with Crippen LogP contribution in [0.1, 0.15) is 30.0 Å². The third kappa shape index (κ3) is 2.68. The van der Waals surface area contributed by atoms with Gasteiger partial charge in [-0.15, -0.1) is 0 Å². The summed E-state index contributed by atoms with van der Waals surface area (Å²) in [5.41, 5.74) is 1.45. The van der Waals surface area contributed by atoms with Gasteiger partial charge in [-0.05, 0) is 18.4 Å². The number of rotatable bonds is 5.